The van der Waals surface area contributed by atoms with Gasteiger partial charge in [0.2, 0.25) is 0 Å². The van der Waals surface area contributed by atoms with Gasteiger partial charge in [0, 0.05) is 0 Å². The van der Waals surface area contributed by atoms with Crippen LogP contribution in [0, 0.1) is 13.8 Å². The normalized spacial score (nSPS) is 15.9. The first-order valence-electron chi connectivity index (χ1n) is 8.14. The lowest BCUT2D eigenvalue weighted by Crippen LogP contribution is -2.54. The maximum atomic E-state index is 13.1. The van der Waals surface area contributed by atoms with E-state index in [1.165, 1.54) is 18.1 Å². The quantitative estimate of drug-likeness (QED) is 0.483. The summed E-state index contributed by atoms with van der Waals surface area (Å²) in [6.45, 7) is 3.86. The first kappa shape index (κ1) is 19.1. The van der Waals surface area contributed by atoms with Crippen LogP contribution in [0.4, 0.5) is 5.69 Å². The molecule has 27 heavy (non-hydrogen) atoms. The van der Waals surface area contributed by atoms with E-state index < -0.39 is 11.8 Å². The second-order valence-corrected chi connectivity index (χ2v) is 6.86. The van der Waals surface area contributed by atoms with Crippen LogP contribution in [0.2, 0.25) is 5.02 Å². The molecular formula is C20H17ClN2O3S. The van der Waals surface area contributed by atoms with Crippen molar-refractivity contribution in [3.63, 3.8) is 0 Å². The molecule has 0 unspecified atom stereocenters. The number of nitrogens with zero attached hydrogens (tertiary/aromatic N) is 1. The van der Waals surface area contributed by atoms with Crippen molar-refractivity contribution in [3.8, 4) is 5.75 Å². The fourth-order valence-electron chi connectivity index (χ4n) is 2.79. The lowest BCUT2D eigenvalue weighted by Gasteiger charge is -2.30. The summed E-state index contributed by atoms with van der Waals surface area (Å²) in [6, 6.07) is 10.6. The average molecular weight is 401 g/mol. The first-order valence-corrected chi connectivity index (χ1v) is 8.93. The minimum absolute atomic E-state index is 0.0225. The van der Waals surface area contributed by atoms with E-state index in [-0.39, 0.29) is 10.7 Å². The van der Waals surface area contributed by atoms with Gasteiger partial charge in [0.05, 0.1) is 17.8 Å². The number of methoxy groups -OCH3 is 1. The molecule has 1 heterocycles. The van der Waals surface area contributed by atoms with Crippen LogP contribution in [0.1, 0.15) is 16.7 Å². The summed E-state index contributed by atoms with van der Waals surface area (Å²) in [7, 11) is 1.51. The van der Waals surface area contributed by atoms with Crippen LogP contribution < -0.4 is 15.0 Å². The number of aryl methyl sites for hydroxylation is 1. The Hall–Kier alpha value is -2.70. The molecule has 1 aliphatic rings. The smallest absolute Gasteiger partial charge is 0.270 e. The molecule has 2 amide bonds. The highest BCUT2D eigenvalue weighted by molar-refractivity contribution is 7.80. The Morgan fingerprint density at radius 2 is 1.93 bits per heavy atom. The molecule has 5 nitrogen and oxygen atoms in total. The van der Waals surface area contributed by atoms with Crippen LogP contribution in [0.3, 0.4) is 0 Å². The molecule has 1 saturated heterocycles. The summed E-state index contributed by atoms with van der Waals surface area (Å²) in [6.07, 6.45) is 1.49. The van der Waals surface area contributed by atoms with Crippen molar-refractivity contribution >= 4 is 52.5 Å². The number of nitrogens with one attached hydrogen (secondary N) is 1. The maximum absolute atomic E-state index is 13.1. The highest BCUT2D eigenvalue weighted by Crippen LogP contribution is 2.29. The van der Waals surface area contributed by atoms with E-state index in [2.05, 4.69) is 5.32 Å². The summed E-state index contributed by atoms with van der Waals surface area (Å²) < 4.78 is 5.12. The number of amides is 2. The Morgan fingerprint density at radius 3 is 2.59 bits per heavy atom. The highest BCUT2D eigenvalue weighted by Gasteiger charge is 2.35. The molecule has 0 aromatic heterocycles. The Morgan fingerprint density at radius 1 is 1.19 bits per heavy atom. The van der Waals surface area contributed by atoms with Gasteiger partial charge in [-0.1, -0.05) is 29.8 Å². The molecular weight excluding hydrogens is 384 g/mol. The van der Waals surface area contributed by atoms with Crippen molar-refractivity contribution in [2.75, 3.05) is 12.0 Å². The van der Waals surface area contributed by atoms with Gasteiger partial charge in [-0.25, -0.2) is 0 Å². The van der Waals surface area contributed by atoms with Crippen molar-refractivity contribution in [3.05, 3.63) is 63.7 Å². The number of carbonyl (C=O) groups excluding carboxylic acids is 2. The van der Waals surface area contributed by atoms with Crippen molar-refractivity contribution in [2.45, 2.75) is 13.8 Å². The zero-order valence-electron chi connectivity index (χ0n) is 15.0. The van der Waals surface area contributed by atoms with Gasteiger partial charge in [-0.3, -0.25) is 19.8 Å². The fourth-order valence-corrected chi connectivity index (χ4v) is 3.33. The van der Waals surface area contributed by atoms with Crippen LogP contribution >= 0.6 is 23.8 Å². The van der Waals surface area contributed by atoms with Gasteiger partial charge >= 0.3 is 0 Å². The summed E-state index contributed by atoms with van der Waals surface area (Å²) in [4.78, 5) is 26.8. The number of rotatable bonds is 3. The lowest BCUT2D eigenvalue weighted by molar-refractivity contribution is -0.122. The number of halogens is 1. The van der Waals surface area contributed by atoms with Crippen LogP contribution in [-0.4, -0.2) is 24.0 Å². The van der Waals surface area contributed by atoms with Crippen LogP contribution in [0.25, 0.3) is 6.08 Å². The number of ether oxygens (including phenoxy) is 1. The highest BCUT2D eigenvalue weighted by atomic mass is 35.5. The van der Waals surface area contributed by atoms with Crippen molar-refractivity contribution in [1.82, 2.24) is 5.32 Å². The second-order valence-electron chi connectivity index (χ2n) is 6.07. The third-order valence-electron chi connectivity index (χ3n) is 4.41. The third kappa shape index (κ3) is 3.59. The molecule has 3 rings (SSSR count). The minimum Gasteiger partial charge on any atom is -0.495 e. The molecule has 2 aromatic rings. The molecule has 0 saturated carbocycles. The Kier molecular flexibility index (Phi) is 5.30. The van der Waals surface area contributed by atoms with E-state index in [1.54, 1.807) is 24.3 Å². The monoisotopic (exact) mass is 400 g/mol. The van der Waals surface area contributed by atoms with Crippen LogP contribution in [0.15, 0.2) is 42.0 Å². The van der Waals surface area contributed by atoms with Gasteiger partial charge in [0.25, 0.3) is 11.8 Å². The molecule has 1 aliphatic heterocycles. The van der Waals surface area contributed by atoms with Crippen LogP contribution in [-0.2, 0) is 9.59 Å². The predicted molar refractivity (Wildman–Crippen MR) is 110 cm³/mol. The zero-order chi connectivity index (χ0) is 19.7. The van der Waals surface area contributed by atoms with Gasteiger partial charge in [0.1, 0.15) is 11.3 Å². The van der Waals surface area contributed by atoms with Gasteiger partial charge < -0.3 is 4.74 Å². The van der Waals surface area contributed by atoms with E-state index in [0.717, 1.165) is 11.1 Å². The van der Waals surface area contributed by atoms with E-state index >= 15 is 0 Å². The van der Waals surface area contributed by atoms with Crippen LogP contribution in [0.5, 0.6) is 5.75 Å². The molecule has 0 radical (unpaired) electrons. The topological polar surface area (TPSA) is 58.6 Å². The molecule has 7 heteroatoms. The number of carbonyl (C=O) groups is 2. The van der Waals surface area contributed by atoms with Gasteiger partial charge in [-0.2, -0.15) is 0 Å². The van der Waals surface area contributed by atoms with Gasteiger partial charge in [-0.15, -0.1) is 0 Å². The predicted octanol–water partition coefficient (Wildman–Crippen LogP) is 3.80. The summed E-state index contributed by atoms with van der Waals surface area (Å²) in [5, 5.41) is 3.03. The molecule has 2 aromatic carbocycles. The SMILES string of the molecule is COc1ccc(C=C2C(=O)NC(=S)N(c3cccc(C)c3C)C2=O)cc1Cl. The van der Waals surface area contributed by atoms with E-state index in [4.69, 9.17) is 28.6 Å². The largest absolute Gasteiger partial charge is 0.495 e. The fraction of sp³-hybridized carbons (Fsp3) is 0.150. The van der Waals surface area contributed by atoms with Gasteiger partial charge in [0.15, 0.2) is 5.11 Å². The zero-order valence-corrected chi connectivity index (χ0v) is 16.6. The maximum Gasteiger partial charge on any atom is 0.270 e. The Labute approximate surface area is 167 Å². The number of hydrogen-bond donors (Lipinski definition) is 1. The molecule has 1 fully saturated rings. The lowest BCUT2D eigenvalue weighted by atomic mass is 10.0. The molecule has 138 valence electrons. The average Bonchev–Trinajstić information content (AvgIpc) is 2.62. The van der Waals surface area contributed by atoms with Crippen molar-refractivity contribution in [1.29, 1.82) is 0 Å². The summed E-state index contributed by atoms with van der Waals surface area (Å²) >= 11 is 11.4. The van der Waals surface area contributed by atoms with Crippen molar-refractivity contribution < 1.29 is 14.3 Å². The van der Waals surface area contributed by atoms with Crippen molar-refractivity contribution in [2.24, 2.45) is 0 Å². The molecule has 0 aliphatic carbocycles. The second kappa shape index (κ2) is 7.50. The standard InChI is InChI=1S/C20H17ClN2O3S/c1-11-5-4-6-16(12(11)2)23-19(25)14(18(24)22-20(23)27)9-13-7-8-17(26-3)15(21)10-13/h4-10H,1-3H3,(H,22,24,27). The number of hydrogen-bond acceptors (Lipinski definition) is 4. The Bertz CT molecular complexity index is 1000. The number of thiocarbonyl (C=S) groups is 1. The molecule has 0 bridgehead atoms. The minimum atomic E-state index is -0.543. The van der Waals surface area contributed by atoms with E-state index in [0.29, 0.717) is 22.0 Å². The summed E-state index contributed by atoms with van der Waals surface area (Å²) in [5.41, 5.74) is 3.16. The molecule has 0 spiro atoms. The van der Waals surface area contributed by atoms with E-state index in [1.807, 2.05) is 26.0 Å². The molecule has 0 atom stereocenters. The Balaban J connectivity index is 2.05. The third-order valence-corrected chi connectivity index (χ3v) is 4.99. The summed E-state index contributed by atoms with van der Waals surface area (Å²) in [5.74, 6) is -0.515. The van der Waals surface area contributed by atoms with Gasteiger partial charge in [-0.05, 0) is 67.0 Å². The first-order chi connectivity index (χ1) is 12.8. The van der Waals surface area contributed by atoms with E-state index in [9.17, 15) is 9.59 Å². The number of benzene rings is 2. The molecule has 1 N–H and O–H groups in total. The number of anilines is 1.